The summed E-state index contributed by atoms with van der Waals surface area (Å²) in [6, 6.07) is -0.955. The van der Waals surface area contributed by atoms with E-state index in [1.165, 1.54) is 50.7 Å². The third kappa shape index (κ3) is 5.11. The zero-order chi connectivity index (χ0) is 22.5. The number of carboxylic acid groups (broad SMARTS) is 2. The van der Waals surface area contributed by atoms with Crippen molar-refractivity contribution in [3.63, 3.8) is 0 Å². The summed E-state index contributed by atoms with van der Waals surface area (Å²) in [7, 11) is 0. The lowest BCUT2D eigenvalue weighted by molar-refractivity contribution is -0.148. The molecule has 3 heterocycles. The second-order valence-electron chi connectivity index (χ2n) is 6.05. The third-order valence-electron chi connectivity index (χ3n) is 4.02. The van der Waals surface area contributed by atoms with Crippen molar-refractivity contribution in [3.8, 4) is 0 Å². The Labute approximate surface area is 187 Å². The molecule has 3 rings (SSSR count). The first-order valence-electron chi connectivity index (χ1n) is 8.51. The molecule has 2 atom stereocenters. The monoisotopic (exact) mass is 488 g/mol. The maximum Gasteiger partial charge on any atom is 0.512 e. The minimum atomic E-state index is -1.53. The number of carbonyl (C=O) groups excluding carboxylic acids is 2. The van der Waals surface area contributed by atoms with E-state index in [4.69, 9.17) is 14.9 Å². The number of thioether (sulfide) groups is 2. The number of rotatable bonds is 9. The van der Waals surface area contributed by atoms with E-state index in [-0.39, 0.29) is 17.3 Å². The van der Waals surface area contributed by atoms with Gasteiger partial charge in [0.15, 0.2) is 5.71 Å². The summed E-state index contributed by atoms with van der Waals surface area (Å²) in [5.41, 5.74) is 2.00. The van der Waals surface area contributed by atoms with Crippen molar-refractivity contribution in [3.05, 3.63) is 28.0 Å². The number of oxime groups is 1. The molecule has 2 amide bonds. The molecule has 1 aromatic rings. The van der Waals surface area contributed by atoms with Gasteiger partial charge < -0.3 is 25.1 Å². The van der Waals surface area contributed by atoms with Crippen molar-refractivity contribution in [2.45, 2.75) is 11.4 Å². The Morgan fingerprint density at radius 2 is 2.19 bits per heavy atom. The fourth-order valence-electron chi connectivity index (χ4n) is 2.78. The van der Waals surface area contributed by atoms with Crippen LogP contribution in [0.15, 0.2) is 27.5 Å². The third-order valence-corrected chi connectivity index (χ3v) is 6.58. The number of aromatic nitrogens is 1. The average Bonchev–Trinajstić information content (AvgIpc) is 3.24. The summed E-state index contributed by atoms with van der Waals surface area (Å²) < 4.78 is 4.85. The number of nitrogens with one attached hydrogen (secondary N) is 1. The van der Waals surface area contributed by atoms with Crippen LogP contribution in [0.2, 0.25) is 0 Å². The summed E-state index contributed by atoms with van der Waals surface area (Å²) in [6.45, 7) is -0.756. The summed E-state index contributed by atoms with van der Waals surface area (Å²) in [6.07, 6.45) is 0.308. The van der Waals surface area contributed by atoms with Crippen molar-refractivity contribution < 1.29 is 39.0 Å². The highest BCUT2D eigenvalue weighted by Gasteiger charge is 2.54. The number of carboxylic acids is 1. The van der Waals surface area contributed by atoms with Crippen LogP contribution in [0.25, 0.3) is 0 Å². The molecule has 15 heteroatoms. The van der Waals surface area contributed by atoms with Gasteiger partial charge in [-0.2, -0.15) is 11.8 Å². The number of ether oxygens (including phenoxy) is 1. The number of β-lactam (4-membered cyclic amide) rings is 1. The Morgan fingerprint density at radius 1 is 1.42 bits per heavy atom. The Bertz CT molecular complexity index is 949. The molecule has 1 unspecified atom stereocenters. The van der Waals surface area contributed by atoms with Crippen LogP contribution in [0.5, 0.6) is 0 Å². The molecule has 31 heavy (non-hydrogen) atoms. The second kappa shape index (κ2) is 10.0. The van der Waals surface area contributed by atoms with Crippen molar-refractivity contribution >= 4 is 64.5 Å². The van der Waals surface area contributed by atoms with Gasteiger partial charge in [0.05, 0.1) is 5.51 Å². The number of aliphatic carboxylic acids is 1. The lowest BCUT2D eigenvalue weighted by Crippen LogP contribution is -2.70. The van der Waals surface area contributed by atoms with Crippen LogP contribution in [0.3, 0.4) is 0 Å². The van der Waals surface area contributed by atoms with Gasteiger partial charge in [0.2, 0.25) is 12.5 Å². The number of carbonyl (C=O) groups is 4. The van der Waals surface area contributed by atoms with Crippen LogP contribution in [-0.2, 0) is 24.0 Å². The summed E-state index contributed by atoms with van der Waals surface area (Å²) >= 11 is 4.01. The first-order valence-corrected chi connectivity index (χ1v) is 11.9. The summed E-state index contributed by atoms with van der Waals surface area (Å²) in [4.78, 5) is 57.0. The molecule has 0 spiro atoms. The van der Waals surface area contributed by atoms with Crippen LogP contribution in [0.4, 0.5) is 4.79 Å². The van der Waals surface area contributed by atoms with Crippen LogP contribution < -0.4 is 5.32 Å². The number of fused-ring (bicyclic) bond motifs is 1. The molecule has 0 radical (unpaired) electrons. The van der Waals surface area contributed by atoms with E-state index in [1.54, 1.807) is 0 Å². The lowest BCUT2D eigenvalue weighted by atomic mass is 10.1. The predicted molar refractivity (Wildman–Crippen MR) is 112 cm³/mol. The average molecular weight is 489 g/mol. The van der Waals surface area contributed by atoms with E-state index in [2.05, 4.69) is 20.3 Å². The summed E-state index contributed by atoms with van der Waals surface area (Å²) in [5.74, 6) is -1.70. The largest absolute Gasteiger partial charge is 0.512 e. The molecule has 0 aliphatic carbocycles. The highest BCUT2D eigenvalue weighted by Crippen LogP contribution is 2.41. The Kier molecular flexibility index (Phi) is 7.40. The van der Waals surface area contributed by atoms with E-state index in [1.807, 2.05) is 6.26 Å². The lowest BCUT2D eigenvalue weighted by Gasteiger charge is -2.49. The number of hydrogen-bond acceptors (Lipinski definition) is 11. The standard InChI is InChI=1S/C16H16N4O8S3/c1-29-3-7-4-31-15-11(13(24)20(15)14(7)28-16(25)26)18-12(23)10(8-5-30-6-17-8)19-27-2-9(21)22/h5-6,11,15H,2-4H2,1H3,(H,18,23)(H,21,22)(H,25,26)/t11?,15-/m0/s1. The van der Waals surface area contributed by atoms with E-state index in [0.717, 1.165) is 0 Å². The van der Waals surface area contributed by atoms with Crippen LogP contribution >= 0.6 is 34.9 Å². The van der Waals surface area contributed by atoms with Crippen molar-refractivity contribution in [2.75, 3.05) is 24.4 Å². The molecular weight excluding hydrogens is 472 g/mol. The Balaban J connectivity index is 1.76. The molecule has 1 aromatic heterocycles. The van der Waals surface area contributed by atoms with Gasteiger partial charge in [-0.1, -0.05) is 5.16 Å². The second-order valence-corrected chi connectivity index (χ2v) is 8.74. The highest BCUT2D eigenvalue weighted by molar-refractivity contribution is 8.00. The first kappa shape index (κ1) is 22.9. The molecule has 1 fully saturated rings. The van der Waals surface area contributed by atoms with Crippen LogP contribution in [0, 0.1) is 0 Å². The maximum atomic E-state index is 12.7. The number of hydrogen-bond donors (Lipinski definition) is 3. The maximum absolute atomic E-state index is 12.7. The first-order chi connectivity index (χ1) is 14.8. The molecule has 1 saturated heterocycles. The number of amides is 2. The predicted octanol–water partition coefficient (Wildman–Crippen LogP) is 0.618. The molecule has 0 saturated carbocycles. The van der Waals surface area contributed by atoms with E-state index >= 15 is 0 Å². The van der Waals surface area contributed by atoms with Gasteiger partial charge in [0.25, 0.3) is 11.8 Å². The SMILES string of the molecule is CSCC1=C(OC(=O)O)N2C(=O)C(NC(=O)C(=NOCC(=O)O)c3cscn3)[C@@H]2SC1. The van der Waals surface area contributed by atoms with Crippen LogP contribution in [0.1, 0.15) is 5.69 Å². The fourth-order valence-corrected chi connectivity index (χ4v) is 5.34. The van der Waals surface area contributed by atoms with E-state index in [0.29, 0.717) is 17.1 Å². The van der Waals surface area contributed by atoms with Gasteiger partial charge in [0.1, 0.15) is 17.1 Å². The molecule has 3 N–H and O–H groups in total. The van der Waals surface area contributed by atoms with Crippen LogP contribution in [-0.4, -0.2) is 85.5 Å². The molecule has 166 valence electrons. The topological polar surface area (TPSA) is 168 Å². The zero-order valence-corrected chi connectivity index (χ0v) is 18.3. The Hall–Kier alpha value is -2.78. The molecule has 0 aromatic carbocycles. The van der Waals surface area contributed by atoms with Crippen molar-refractivity contribution in [1.29, 1.82) is 0 Å². The van der Waals surface area contributed by atoms with Gasteiger partial charge in [0, 0.05) is 22.5 Å². The van der Waals surface area contributed by atoms with E-state index in [9.17, 15) is 19.2 Å². The Morgan fingerprint density at radius 3 is 2.81 bits per heavy atom. The normalized spacial score (nSPS) is 20.6. The van der Waals surface area contributed by atoms with Crippen molar-refractivity contribution in [1.82, 2.24) is 15.2 Å². The quantitative estimate of drug-likeness (QED) is 0.193. The number of nitrogens with zero attached hydrogens (tertiary/aromatic N) is 3. The molecule has 2 aliphatic heterocycles. The molecular formula is C16H16N4O8S3. The van der Waals surface area contributed by atoms with Crippen molar-refractivity contribution in [2.24, 2.45) is 5.16 Å². The zero-order valence-electron chi connectivity index (χ0n) is 15.8. The molecule has 12 nitrogen and oxygen atoms in total. The van der Waals surface area contributed by atoms with E-state index < -0.39 is 42.0 Å². The van der Waals surface area contributed by atoms with Gasteiger partial charge >= 0.3 is 12.1 Å². The highest BCUT2D eigenvalue weighted by atomic mass is 32.2. The van der Waals surface area contributed by atoms with Gasteiger partial charge in [-0.25, -0.2) is 14.6 Å². The van der Waals surface area contributed by atoms with Gasteiger partial charge in [-0.15, -0.1) is 23.1 Å². The molecule has 2 aliphatic rings. The minimum absolute atomic E-state index is 0.0284. The number of thiazole rings is 1. The fraction of sp³-hybridized carbons (Fsp3) is 0.375. The summed E-state index contributed by atoms with van der Waals surface area (Å²) in [5, 5.41) is 24.8. The van der Waals surface area contributed by atoms with Gasteiger partial charge in [-0.05, 0) is 6.26 Å². The minimum Gasteiger partial charge on any atom is -0.479 e. The van der Waals surface area contributed by atoms with Gasteiger partial charge in [-0.3, -0.25) is 14.5 Å². The molecule has 0 bridgehead atoms. The smallest absolute Gasteiger partial charge is 0.479 e.